The quantitative estimate of drug-likeness (QED) is 0.327. The highest BCUT2D eigenvalue weighted by Gasteiger charge is 2.31. The largest absolute Gasteiger partial charge is 0.456 e. The average molecular weight is 437 g/mol. The molecule has 2 rings (SSSR count). The normalized spacial score (nSPS) is 11.7. The van der Waals surface area contributed by atoms with E-state index in [9.17, 15) is 17.6 Å². The molecule has 0 heterocycles. The minimum Gasteiger partial charge on any atom is -0.456 e. The molecule has 0 unspecified atom stereocenters. The number of ether oxygens (including phenoxy) is 1. The predicted molar refractivity (Wildman–Crippen MR) is 106 cm³/mol. The van der Waals surface area contributed by atoms with Crippen LogP contribution in [0.3, 0.4) is 0 Å². The van der Waals surface area contributed by atoms with Crippen LogP contribution in [0.25, 0.3) is 0 Å². The zero-order valence-corrected chi connectivity index (χ0v) is 17.0. The first-order valence-electron chi connectivity index (χ1n) is 8.76. The summed E-state index contributed by atoms with van der Waals surface area (Å²) in [5.41, 5.74) is -0.593. The van der Waals surface area contributed by atoms with Crippen LogP contribution >= 0.6 is 23.7 Å². The summed E-state index contributed by atoms with van der Waals surface area (Å²) in [4.78, 5) is 0. The van der Waals surface area contributed by atoms with E-state index in [1.54, 1.807) is 0 Å². The van der Waals surface area contributed by atoms with Gasteiger partial charge in [0.05, 0.1) is 16.3 Å². The third kappa shape index (κ3) is 6.46. The van der Waals surface area contributed by atoms with Crippen molar-refractivity contribution in [3.05, 3.63) is 52.8 Å². The van der Waals surface area contributed by atoms with Gasteiger partial charge in [0.25, 0.3) is 0 Å². The van der Waals surface area contributed by atoms with Crippen LogP contribution < -0.4 is 9.46 Å². The molecule has 2 aromatic rings. The van der Waals surface area contributed by atoms with Gasteiger partial charge in [-0.15, -0.1) is 0 Å². The second-order valence-electron chi connectivity index (χ2n) is 6.01. The molecular formula is C19H21ClF4N2OS. The number of anilines is 1. The summed E-state index contributed by atoms with van der Waals surface area (Å²) < 4.78 is 62.9. The van der Waals surface area contributed by atoms with Crippen LogP contribution in [0.15, 0.2) is 36.4 Å². The molecule has 28 heavy (non-hydrogen) atoms. The summed E-state index contributed by atoms with van der Waals surface area (Å²) in [5, 5.41) is -0.206. The van der Waals surface area contributed by atoms with Crippen LogP contribution in [0, 0.1) is 5.82 Å². The van der Waals surface area contributed by atoms with Crippen LogP contribution in [-0.4, -0.2) is 17.4 Å². The summed E-state index contributed by atoms with van der Waals surface area (Å²) >= 11 is 7.19. The molecule has 0 fully saturated rings. The van der Waals surface area contributed by atoms with Crippen molar-refractivity contribution >= 4 is 29.4 Å². The third-order valence-corrected chi connectivity index (χ3v) is 4.89. The van der Waals surface area contributed by atoms with Gasteiger partial charge in [0.15, 0.2) is 5.82 Å². The minimum atomic E-state index is -4.50. The van der Waals surface area contributed by atoms with E-state index < -0.39 is 17.6 Å². The predicted octanol–water partition coefficient (Wildman–Crippen LogP) is 7.39. The molecule has 0 saturated heterocycles. The summed E-state index contributed by atoms with van der Waals surface area (Å²) in [5.74, 6) is -0.393. The molecule has 0 aliphatic heterocycles. The number of rotatable bonds is 9. The summed E-state index contributed by atoms with van der Waals surface area (Å²) in [6.45, 7) is 5.89. The molecule has 1 N–H and O–H groups in total. The Morgan fingerprint density at radius 3 is 2.29 bits per heavy atom. The fourth-order valence-corrected chi connectivity index (χ4v) is 3.50. The average Bonchev–Trinajstić information content (AvgIpc) is 2.62. The monoisotopic (exact) mass is 436 g/mol. The molecular weight excluding hydrogens is 416 g/mol. The second kappa shape index (κ2) is 10.2. The molecule has 9 heteroatoms. The Kier molecular flexibility index (Phi) is 8.27. The zero-order valence-electron chi connectivity index (χ0n) is 15.4. The van der Waals surface area contributed by atoms with Gasteiger partial charge in [0.2, 0.25) is 0 Å². The molecule has 0 bridgehead atoms. The van der Waals surface area contributed by atoms with Gasteiger partial charge in [0, 0.05) is 31.3 Å². The van der Waals surface area contributed by atoms with Crippen molar-refractivity contribution in [3.63, 3.8) is 0 Å². The van der Waals surface area contributed by atoms with Crippen LogP contribution in [0.1, 0.15) is 32.3 Å². The maximum atomic E-state index is 14.3. The lowest BCUT2D eigenvalue weighted by Crippen LogP contribution is -2.19. The Morgan fingerprint density at radius 1 is 1.07 bits per heavy atom. The molecule has 0 aliphatic carbocycles. The molecule has 0 radical (unpaired) electrons. The van der Waals surface area contributed by atoms with Gasteiger partial charge < -0.3 is 9.46 Å². The van der Waals surface area contributed by atoms with Gasteiger partial charge in [-0.2, -0.15) is 13.2 Å². The topological polar surface area (TPSA) is 24.5 Å². The molecule has 0 atom stereocenters. The smallest absolute Gasteiger partial charge is 0.416 e. The van der Waals surface area contributed by atoms with Gasteiger partial charge in [0.1, 0.15) is 11.5 Å². The lowest BCUT2D eigenvalue weighted by molar-refractivity contribution is -0.137. The fourth-order valence-electron chi connectivity index (χ4n) is 2.34. The van der Waals surface area contributed by atoms with Gasteiger partial charge in [-0.05, 0) is 43.2 Å². The first kappa shape index (κ1) is 22.6. The van der Waals surface area contributed by atoms with E-state index in [2.05, 4.69) is 22.9 Å². The highest BCUT2D eigenvalue weighted by Crippen LogP contribution is 2.37. The first-order chi connectivity index (χ1) is 13.2. The van der Waals surface area contributed by atoms with Crippen molar-refractivity contribution in [1.29, 1.82) is 0 Å². The van der Waals surface area contributed by atoms with E-state index in [1.165, 1.54) is 24.3 Å². The molecule has 0 aliphatic rings. The van der Waals surface area contributed by atoms with E-state index in [0.717, 1.165) is 50.2 Å². The van der Waals surface area contributed by atoms with Crippen LogP contribution in [0.2, 0.25) is 5.02 Å². The minimum absolute atomic E-state index is 0.0150. The number of hydrogen-bond donors (Lipinski definition) is 1. The van der Waals surface area contributed by atoms with E-state index in [4.69, 9.17) is 16.3 Å². The molecule has 0 saturated carbocycles. The van der Waals surface area contributed by atoms with E-state index in [0.29, 0.717) is 0 Å². The molecule has 154 valence electrons. The lowest BCUT2D eigenvalue weighted by Gasteiger charge is -2.20. The van der Waals surface area contributed by atoms with Gasteiger partial charge in [-0.3, -0.25) is 0 Å². The number of hydrogen-bond acceptors (Lipinski definition) is 4. The Labute approximate surface area is 171 Å². The number of alkyl halides is 3. The summed E-state index contributed by atoms with van der Waals surface area (Å²) in [6, 6.07) is 6.92. The highest BCUT2D eigenvalue weighted by atomic mass is 35.5. The summed E-state index contributed by atoms with van der Waals surface area (Å²) in [7, 11) is 0. The van der Waals surface area contributed by atoms with E-state index in [1.807, 2.05) is 0 Å². The molecule has 0 aromatic heterocycles. The van der Waals surface area contributed by atoms with Crippen LogP contribution in [-0.2, 0) is 6.18 Å². The van der Waals surface area contributed by atoms with Crippen LogP contribution in [0.4, 0.5) is 23.2 Å². The van der Waals surface area contributed by atoms with Crippen molar-refractivity contribution < 1.29 is 22.3 Å². The van der Waals surface area contributed by atoms with Crippen molar-refractivity contribution in [2.45, 2.75) is 32.9 Å². The molecule has 2 aromatic carbocycles. The lowest BCUT2D eigenvalue weighted by atomic mass is 10.2. The van der Waals surface area contributed by atoms with Crippen molar-refractivity contribution in [1.82, 2.24) is 4.31 Å². The first-order valence-corrected chi connectivity index (χ1v) is 9.91. The summed E-state index contributed by atoms with van der Waals surface area (Å²) in [6.07, 6.45) is -2.53. The zero-order chi connectivity index (χ0) is 20.7. The van der Waals surface area contributed by atoms with Crippen molar-refractivity contribution in [3.8, 4) is 11.5 Å². The molecule has 0 amide bonds. The third-order valence-electron chi connectivity index (χ3n) is 3.66. The number of nitrogens with one attached hydrogen (secondary N) is 1. The molecule has 0 spiro atoms. The highest BCUT2D eigenvalue weighted by molar-refractivity contribution is 7.98. The van der Waals surface area contributed by atoms with E-state index in [-0.39, 0.29) is 22.2 Å². The Bertz CT molecular complexity index is 783. The standard InChI is InChI=1S/C19H21ClF4N2OS/c1-3-9-26(10-4-2)28-25-17-7-6-14(12-16(17)21)27-18-8-5-13(11-15(18)20)19(22,23)24/h5-8,11-12,25H,3-4,9-10H2,1-2H3. The Balaban J connectivity index is 2.06. The van der Waals surface area contributed by atoms with Crippen molar-refractivity contribution in [2.24, 2.45) is 0 Å². The molecule has 3 nitrogen and oxygen atoms in total. The van der Waals surface area contributed by atoms with Crippen LogP contribution in [0.5, 0.6) is 11.5 Å². The maximum absolute atomic E-state index is 14.3. The second-order valence-corrected chi connectivity index (χ2v) is 7.32. The number of halogens is 5. The van der Waals surface area contributed by atoms with Gasteiger partial charge >= 0.3 is 6.18 Å². The fraction of sp³-hybridized carbons (Fsp3) is 0.368. The Hall–Kier alpha value is -1.64. The SMILES string of the molecule is CCCN(CCC)SNc1ccc(Oc2ccc(C(F)(F)F)cc2Cl)cc1F. The van der Waals surface area contributed by atoms with Gasteiger partial charge in [-0.1, -0.05) is 25.4 Å². The maximum Gasteiger partial charge on any atom is 0.416 e. The van der Waals surface area contributed by atoms with Gasteiger partial charge in [-0.25, -0.2) is 8.70 Å². The Morgan fingerprint density at radius 2 is 1.75 bits per heavy atom. The van der Waals surface area contributed by atoms with E-state index >= 15 is 0 Å². The van der Waals surface area contributed by atoms with Crippen molar-refractivity contribution in [2.75, 3.05) is 17.8 Å². The number of nitrogens with zero attached hydrogens (tertiary/aromatic N) is 1. The number of benzene rings is 2.